The van der Waals surface area contributed by atoms with E-state index in [4.69, 9.17) is 18.9 Å². The molecular weight excluding hydrogens is 463 g/mol. The maximum atomic E-state index is 5.38. The second-order valence-electron chi connectivity index (χ2n) is 5.68. The van der Waals surface area contributed by atoms with E-state index in [0.29, 0.717) is 23.8 Å². The van der Waals surface area contributed by atoms with Crippen molar-refractivity contribution in [3.05, 3.63) is 17.7 Å². The van der Waals surface area contributed by atoms with Crippen molar-refractivity contribution in [1.29, 1.82) is 0 Å². The third kappa shape index (κ3) is 8.85. The molecule has 0 aliphatic heterocycles. The van der Waals surface area contributed by atoms with E-state index in [1.165, 1.54) is 0 Å². The number of benzene rings is 1. The van der Waals surface area contributed by atoms with Crippen molar-refractivity contribution in [1.82, 2.24) is 15.5 Å². The van der Waals surface area contributed by atoms with Gasteiger partial charge in [0.15, 0.2) is 17.5 Å². The minimum Gasteiger partial charge on any atom is -0.493 e. The summed E-state index contributed by atoms with van der Waals surface area (Å²) in [6, 6.07) is 3.83. The van der Waals surface area contributed by atoms with Crippen LogP contribution in [0.25, 0.3) is 0 Å². The second-order valence-corrected chi connectivity index (χ2v) is 5.68. The van der Waals surface area contributed by atoms with Gasteiger partial charge >= 0.3 is 0 Å². The summed E-state index contributed by atoms with van der Waals surface area (Å²) in [6.45, 7) is 3.89. The largest absolute Gasteiger partial charge is 0.493 e. The average Bonchev–Trinajstić information content (AvgIpc) is 2.67. The molecule has 0 amide bonds. The summed E-state index contributed by atoms with van der Waals surface area (Å²) in [5, 5.41) is 6.58. The predicted molar refractivity (Wildman–Crippen MR) is 119 cm³/mol. The number of methoxy groups -OCH3 is 4. The lowest BCUT2D eigenvalue weighted by atomic mass is 10.2. The molecule has 0 atom stereocenters. The van der Waals surface area contributed by atoms with Crippen molar-refractivity contribution in [3.63, 3.8) is 0 Å². The van der Waals surface area contributed by atoms with Gasteiger partial charge in [0.2, 0.25) is 5.75 Å². The van der Waals surface area contributed by atoms with Gasteiger partial charge in [-0.1, -0.05) is 0 Å². The van der Waals surface area contributed by atoms with E-state index < -0.39 is 0 Å². The van der Waals surface area contributed by atoms with Gasteiger partial charge in [-0.05, 0) is 24.7 Å². The Morgan fingerprint density at radius 1 is 1.00 bits per heavy atom. The highest BCUT2D eigenvalue weighted by Crippen LogP contribution is 2.38. The number of aliphatic imine (C=N–C) groups is 1. The number of ether oxygens (including phenoxy) is 4. The Labute approximate surface area is 179 Å². The number of hydrogen-bond donors (Lipinski definition) is 2. The summed E-state index contributed by atoms with van der Waals surface area (Å²) in [5.41, 5.74) is 1.000. The van der Waals surface area contributed by atoms with Crippen LogP contribution in [0, 0.1) is 0 Å². The summed E-state index contributed by atoms with van der Waals surface area (Å²) >= 11 is 0. The van der Waals surface area contributed by atoms with Gasteiger partial charge in [0.05, 0.1) is 27.9 Å². The standard InChI is InChI=1S/C18H32N4O4.HI/c1-19-18(20-7-8-22(2)9-10-23-3)21-13-14-11-15(24-4)17(26-6)16(12-14)25-5;/h11-12H,7-10,13H2,1-6H3,(H2,19,20,21);1H. The molecule has 8 nitrogen and oxygen atoms in total. The lowest BCUT2D eigenvalue weighted by Gasteiger charge is -2.18. The number of halogens is 1. The SMILES string of the molecule is CN=C(NCCN(C)CCOC)NCc1cc(OC)c(OC)c(OC)c1.I. The molecule has 0 bridgehead atoms. The zero-order valence-electron chi connectivity index (χ0n) is 17.1. The zero-order chi connectivity index (χ0) is 19.4. The summed E-state index contributed by atoms with van der Waals surface area (Å²) in [7, 11) is 10.3. The van der Waals surface area contributed by atoms with Gasteiger partial charge in [-0.25, -0.2) is 0 Å². The Bertz CT molecular complexity index is 547. The maximum Gasteiger partial charge on any atom is 0.203 e. The van der Waals surface area contributed by atoms with Crippen molar-refractivity contribution in [2.75, 3.05) is 68.8 Å². The van der Waals surface area contributed by atoms with Crippen molar-refractivity contribution in [2.45, 2.75) is 6.54 Å². The Morgan fingerprint density at radius 3 is 2.11 bits per heavy atom. The molecule has 0 aliphatic carbocycles. The highest BCUT2D eigenvalue weighted by molar-refractivity contribution is 14.0. The smallest absolute Gasteiger partial charge is 0.203 e. The van der Waals surface area contributed by atoms with Gasteiger partial charge in [0.25, 0.3) is 0 Å². The van der Waals surface area contributed by atoms with Gasteiger partial charge in [-0.15, -0.1) is 24.0 Å². The fraction of sp³-hybridized carbons (Fsp3) is 0.611. The summed E-state index contributed by atoms with van der Waals surface area (Å²) in [6.07, 6.45) is 0. The first-order chi connectivity index (χ1) is 12.6. The minimum atomic E-state index is 0. The maximum absolute atomic E-state index is 5.38. The molecule has 9 heteroatoms. The van der Waals surface area contributed by atoms with Gasteiger partial charge in [-0.3, -0.25) is 4.99 Å². The van der Waals surface area contributed by atoms with Crippen LogP contribution < -0.4 is 24.8 Å². The van der Waals surface area contributed by atoms with Crippen molar-refractivity contribution < 1.29 is 18.9 Å². The monoisotopic (exact) mass is 496 g/mol. The number of rotatable bonds is 11. The number of nitrogens with zero attached hydrogens (tertiary/aromatic N) is 2. The first kappa shape index (κ1) is 25.5. The van der Waals surface area contributed by atoms with Crippen LogP contribution >= 0.6 is 24.0 Å². The van der Waals surface area contributed by atoms with E-state index in [1.54, 1.807) is 35.5 Å². The van der Waals surface area contributed by atoms with Crippen LogP contribution in [0.15, 0.2) is 17.1 Å². The predicted octanol–water partition coefficient (Wildman–Crippen LogP) is 1.57. The van der Waals surface area contributed by atoms with Gasteiger partial charge < -0.3 is 34.5 Å². The molecule has 0 saturated heterocycles. The number of hydrogen-bond acceptors (Lipinski definition) is 6. The molecule has 0 spiro atoms. The normalized spacial score (nSPS) is 11.0. The van der Waals surface area contributed by atoms with Gasteiger partial charge in [0.1, 0.15) is 0 Å². The Morgan fingerprint density at radius 2 is 1.63 bits per heavy atom. The van der Waals surface area contributed by atoms with E-state index in [9.17, 15) is 0 Å². The van der Waals surface area contributed by atoms with Crippen molar-refractivity contribution in [2.24, 2.45) is 4.99 Å². The third-order valence-electron chi connectivity index (χ3n) is 3.87. The van der Waals surface area contributed by atoms with Gasteiger partial charge in [0, 0.05) is 40.3 Å². The average molecular weight is 496 g/mol. The van der Waals surface area contributed by atoms with Crippen molar-refractivity contribution in [3.8, 4) is 17.2 Å². The van der Waals surface area contributed by atoms with Crippen LogP contribution in [-0.4, -0.2) is 79.6 Å². The molecular formula is C18H33IN4O4. The van der Waals surface area contributed by atoms with E-state index in [0.717, 1.165) is 37.8 Å². The van der Waals surface area contributed by atoms with Crippen LogP contribution in [0.3, 0.4) is 0 Å². The van der Waals surface area contributed by atoms with E-state index >= 15 is 0 Å². The van der Waals surface area contributed by atoms with Crippen molar-refractivity contribution >= 4 is 29.9 Å². The molecule has 0 fully saturated rings. The first-order valence-corrected chi connectivity index (χ1v) is 8.50. The molecule has 156 valence electrons. The third-order valence-corrected chi connectivity index (χ3v) is 3.87. The van der Waals surface area contributed by atoms with E-state index in [-0.39, 0.29) is 24.0 Å². The fourth-order valence-corrected chi connectivity index (χ4v) is 2.37. The Balaban J connectivity index is 0.00000676. The number of guanidine groups is 1. The van der Waals surface area contributed by atoms with Crippen LogP contribution in [-0.2, 0) is 11.3 Å². The lowest BCUT2D eigenvalue weighted by molar-refractivity contribution is 0.162. The molecule has 0 aromatic heterocycles. The molecule has 0 radical (unpaired) electrons. The second kappa shape index (κ2) is 14.6. The molecule has 0 heterocycles. The van der Waals surface area contributed by atoms with E-state index in [1.807, 2.05) is 12.1 Å². The Hall–Kier alpha value is -1.46. The van der Waals surface area contributed by atoms with Crippen LogP contribution in [0.1, 0.15) is 5.56 Å². The van der Waals surface area contributed by atoms with Crippen LogP contribution in [0.4, 0.5) is 0 Å². The highest BCUT2D eigenvalue weighted by atomic mass is 127. The number of nitrogens with one attached hydrogen (secondary N) is 2. The molecule has 0 unspecified atom stereocenters. The van der Waals surface area contributed by atoms with Crippen LogP contribution in [0.5, 0.6) is 17.2 Å². The minimum absolute atomic E-state index is 0. The summed E-state index contributed by atoms with van der Waals surface area (Å²) in [5.74, 6) is 2.58. The molecule has 1 rings (SSSR count). The zero-order valence-corrected chi connectivity index (χ0v) is 19.5. The molecule has 2 N–H and O–H groups in total. The summed E-state index contributed by atoms with van der Waals surface area (Å²) in [4.78, 5) is 6.44. The topological polar surface area (TPSA) is 76.6 Å². The molecule has 0 saturated carbocycles. The van der Waals surface area contributed by atoms with Crippen LogP contribution in [0.2, 0.25) is 0 Å². The molecule has 1 aromatic rings. The quantitative estimate of drug-likeness (QED) is 0.274. The summed E-state index contributed by atoms with van der Waals surface area (Å²) < 4.78 is 21.2. The highest BCUT2D eigenvalue weighted by Gasteiger charge is 2.13. The molecule has 1 aromatic carbocycles. The van der Waals surface area contributed by atoms with Gasteiger partial charge in [-0.2, -0.15) is 0 Å². The van der Waals surface area contributed by atoms with E-state index in [2.05, 4.69) is 27.6 Å². The fourth-order valence-electron chi connectivity index (χ4n) is 2.37. The lowest BCUT2D eigenvalue weighted by Crippen LogP contribution is -2.41. The molecule has 0 aliphatic rings. The first-order valence-electron chi connectivity index (χ1n) is 8.50. The number of likely N-dealkylation sites (N-methyl/N-ethyl adjacent to an activating group) is 1. The molecule has 27 heavy (non-hydrogen) atoms. The Kier molecular flexibility index (Phi) is 13.8.